The highest BCUT2D eigenvalue weighted by atomic mass is 15.2. The number of anilines is 5. The van der Waals surface area contributed by atoms with Crippen LogP contribution in [0.15, 0.2) is 242 Å². The lowest BCUT2D eigenvalue weighted by Gasteiger charge is -2.42. The number of hydrogen-bond donors (Lipinski definition) is 0. The van der Waals surface area contributed by atoms with Gasteiger partial charge in [0, 0.05) is 38.9 Å². The Labute approximate surface area is 392 Å². The van der Waals surface area contributed by atoms with Crippen LogP contribution in [0.3, 0.4) is 0 Å². The van der Waals surface area contributed by atoms with Crippen molar-refractivity contribution in [1.29, 1.82) is 0 Å². The first-order valence-corrected chi connectivity index (χ1v) is 23.6. The Bertz CT molecular complexity index is 3520. The quantitative estimate of drug-likeness (QED) is 0.158. The van der Waals surface area contributed by atoms with Gasteiger partial charge in [-0.15, -0.1) is 0 Å². The van der Waals surface area contributed by atoms with Crippen LogP contribution in [-0.2, 0) is 10.8 Å². The summed E-state index contributed by atoms with van der Waals surface area (Å²) in [7, 11) is 0. The zero-order valence-electron chi connectivity index (χ0n) is 37.8. The van der Waals surface area contributed by atoms with Gasteiger partial charge in [0.1, 0.15) is 0 Å². The maximum atomic E-state index is 2.54. The van der Waals surface area contributed by atoms with Crippen molar-refractivity contribution in [3.63, 3.8) is 0 Å². The summed E-state index contributed by atoms with van der Waals surface area (Å²) in [4.78, 5) is 4.92. The number of nitrogens with zero attached hydrogens (tertiary/aromatic N) is 3. The van der Waals surface area contributed by atoms with Crippen molar-refractivity contribution >= 4 is 55.8 Å². The van der Waals surface area contributed by atoms with Crippen LogP contribution < -0.4 is 9.80 Å². The van der Waals surface area contributed by atoms with Crippen molar-refractivity contribution in [2.45, 2.75) is 37.5 Å². The summed E-state index contributed by atoms with van der Waals surface area (Å²) >= 11 is 0. The molecule has 0 N–H and O–H groups in total. The molecule has 0 fully saturated rings. The van der Waals surface area contributed by atoms with Gasteiger partial charge in [-0.25, -0.2) is 0 Å². The van der Waals surface area contributed by atoms with Gasteiger partial charge in [0.25, 0.3) is 0 Å². The Morgan fingerprint density at radius 2 is 1.01 bits per heavy atom. The van der Waals surface area contributed by atoms with E-state index >= 15 is 0 Å². The molecule has 0 radical (unpaired) electrons. The van der Waals surface area contributed by atoms with E-state index in [0.717, 1.165) is 18.5 Å². The molecule has 320 valence electrons. The fraction of sp³-hybridized carbons (Fsp3) is 0.0938. The molecular formula is C64H49N3. The summed E-state index contributed by atoms with van der Waals surface area (Å²) in [5, 5.41) is 2.51. The van der Waals surface area contributed by atoms with E-state index in [2.05, 4.69) is 265 Å². The molecule has 0 bridgehead atoms. The molecule has 0 atom stereocenters. The van der Waals surface area contributed by atoms with E-state index in [9.17, 15) is 0 Å². The van der Waals surface area contributed by atoms with Gasteiger partial charge in [0.15, 0.2) is 0 Å². The summed E-state index contributed by atoms with van der Waals surface area (Å²) in [6.07, 6.45) is 6.60. The van der Waals surface area contributed by atoms with Gasteiger partial charge < -0.3 is 14.4 Å². The first kappa shape index (κ1) is 39.2. The number of para-hydroxylation sites is 5. The number of benzene rings is 9. The van der Waals surface area contributed by atoms with Crippen molar-refractivity contribution in [3.05, 3.63) is 281 Å². The lowest BCUT2D eigenvalue weighted by Crippen LogP contribution is -2.35. The van der Waals surface area contributed by atoms with Gasteiger partial charge in [0.2, 0.25) is 0 Å². The Hall–Kier alpha value is -8.14. The van der Waals surface area contributed by atoms with Crippen molar-refractivity contribution < 1.29 is 0 Å². The fourth-order valence-electron chi connectivity index (χ4n) is 11.9. The predicted molar refractivity (Wildman–Crippen MR) is 280 cm³/mol. The summed E-state index contributed by atoms with van der Waals surface area (Å²) in [6, 6.07) is 83.1. The van der Waals surface area contributed by atoms with Gasteiger partial charge >= 0.3 is 0 Å². The van der Waals surface area contributed by atoms with Crippen molar-refractivity contribution in [2.75, 3.05) is 9.80 Å². The van der Waals surface area contributed by atoms with E-state index in [1.54, 1.807) is 0 Å². The molecule has 3 heteroatoms. The Balaban J connectivity index is 0.966. The summed E-state index contributed by atoms with van der Waals surface area (Å²) < 4.78 is 2.54. The lowest BCUT2D eigenvalue weighted by molar-refractivity contribution is 0.631. The second kappa shape index (κ2) is 15.2. The first-order valence-electron chi connectivity index (χ1n) is 23.6. The van der Waals surface area contributed by atoms with Crippen molar-refractivity contribution in [1.82, 2.24) is 4.57 Å². The molecule has 0 saturated heterocycles. The molecular weight excluding hydrogens is 811 g/mol. The zero-order valence-corrected chi connectivity index (χ0v) is 37.8. The zero-order chi connectivity index (χ0) is 44.7. The van der Waals surface area contributed by atoms with E-state index in [1.807, 2.05) is 0 Å². The van der Waals surface area contributed by atoms with E-state index in [-0.39, 0.29) is 5.41 Å². The molecule has 67 heavy (non-hydrogen) atoms. The molecule has 1 aliphatic carbocycles. The highest BCUT2D eigenvalue weighted by Gasteiger charge is 2.45. The highest BCUT2D eigenvalue weighted by molar-refractivity contribution is 6.13. The van der Waals surface area contributed by atoms with Gasteiger partial charge in [0.05, 0.1) is 33.5 Å². The fourth-order valence-corrected chi connectivity index (χ4v) is 11.9. The van der Waals surface area contributed by atoms with Crippen LogP contribution in [0, 0.1) is 0 Å². The number of fused-ring (bicyclic) bond motifs is 7. The van der Waals surface area contributed by atoms with Crippen molar-refractivity contribution in [3.8, 4) is 5.69 Å². The van der Waals surface area contributed by atoms with Gasteiger partial charge in [-0.2, -0.15) is 0 Å². The molecule has 0 unspecified atom stereocenters. The Morgan fingerprint density at radius 3 is 1.67 bits per heavy atom. The standard InChI is InChI=1S/C64H49N3/c1-63(2)54-29-15-17-32-59(54)66(61-40-36-45(42-57(61)63)44-34-37-50(38-35-44)65(48-24-11-5-12-25-48)49-26-13-6-14-27-49)51-39-41-58-53(43-51)52-28-19-31-56-62(52)67(58)60-33-18-16-30-55(60)64(56,46-20-7-3-8-21-46)47-22-9-4-10-23-47/h3-34,36-37,39-43H,35,38H2,1-2H3. The maximum absolute atomic E-state index is 2.54. The average molecular weight is 860 g/mol. The van der Waals surface area contributed by atoms with Crippen LogP contribution in [0.2, 0.25) is 0 Å². The molecule has 13 rings (SSSR count). The third-order valence-electron chi connectivity index (χ3n) is 14.9. The summed E-state index contributed by atoms with van der Waals surface area (Å²) in [6.45, 7) is 4.79. The number of rotatable bonds is 7. The molecule has 10 aromatic rings. The smallest absolute Gasteiger partial charge is 0.0742 e. The Kier molecular flexibility index (Phi) is 8.92. The molecule has 0 spiro atoms. The van der Waals surface area contributed by atoms with Crippen LogP contribution in [0.1, 0.15) is 65.6 Å². The SMILES string of the molecule is CC1(C)c2ccccc2N(c2ccc3c(c2)c2cccc4c2n3-c2ccccc2C4(c2ccccc2)c2ccccc2)c2ccc(C3=CC=C(N(c4ccccc4)c4ccccc4)CC3)cc21. The third kappa shape index (κ3) is 5.84. The molecule has 2 aliphatic heterocycles. The molecule has 0 amide bonds. The highest BCUT2D eigenvalue weighted by Crippen LogP contribution is 2.56. The molecule has 3 heterocycles. The molecule has 3 nitrogen and oxygen atoms in total. The topological polar surface area (TPSA) is 11.4 Å². The van der Waals surface area contributed by atoms with E-state index in [4.69, 9.17) is 0 Å². The monoisotopic (exact) mass is 859 g/mol. The minimum absolute atomic E-state index is 0.220. The molecule has 9 aromatic carbocycles. The minimum Gasteiger partial charge on any atom is -0.314 e. The maximum Gasteiger partial charge on any atom is 0.0742 e. The second-order valence-electron chi connectivity index (χ2n) is 18.8. The molecule has 3 aliphatic rings. The summed E-state index contributed by atoms with van der Waals surface area (Å²) in [5.74, 6) is 0. The van der Waals surface area contributed by atoms with Crippen LogP contribution >= 0.6 is 0 Å². The summed E-state index contributed by atoms with van der Waals surface area (Å²) in [5.41, 5.74) is 20.7. The predicted octanol–water partition coefficient (Wildman–Crippen LogP) is 16.5. The number of hydrogen-bond acceptors (Lipinski definition) is 2. The van der Waals surface area contributed by atoms with E-state index in [1.165, 1.54) is 100 Å². The number of allylic oxidation sites excluding steroid dienone is 4. The number of aromatic nitrogens is 1. The van der Waals surface area contributed by atoms with Gasteiger partial charge in [-0.05, 0) is 130 Å². The van der Waals surface area contributed by atoms with Gasteiger partial charge in [-0.3, -0.25) is 0 Å². The second-order valence-corrected chi connectivity index (χ2v) is 18.8. The largest absolute Gasteiger partial charge is 0.314 e. The van der Waals surface area contributed by atoms with Crippen LogP contribution in [-0.4, -0.2) is 4.57 Å². The van der Waals surface area contributed by atoms with E-state index < -0.39 is 5.41 Å². The van der Waals surface area contributed by atoms with E-state index in [0.29, 0.717) is 0 Å². The molecule has 1 aromatic heterocycles. The van der Waals surface area contributed by atoms with Gasteiger partial charge in [-0.1, -0.05) is 178 Å². The third-order valence-corrected chi connectivity index (χ3v) is 14.9. The van der Waals surface area contributed by atoms with Crippen molar-refractivity contribution in [2.24, 2.45) is 0 Å². The van der Waals surface area contributed by atoms with Crippen LogP contribution in [0.4, 0.5) is 28.4 Å². The lowest BCUT2D eigenvalue weighted by atomic mass is 9.63. The van der Waals surface area contributed by atoms with Crippen LogP contribution in [0.5, 0.6) is 0 Å². The van der Waals surface area contributed by atoms with Crippen LogP contribution in [0.25, 0.3) is 33.1 Å². The normalized spacial score (nSPS) is 15.3. The Morgan fingerprint density at radius 1 is 0.433 bits per heavy atom. The minimum atomic E-state index is -0.506. The molecule has 0 saturated carbocycles. The average Bonchev–Trinajstić information content (AvgIpc) is 3.73. The first-order chi connectivity index (χ1) is 33.0.